The van der Waals surface area contributed by atoms with Gasteiger partial charge in [-0.05, 0) is 43.5 Å². The van der Waals surface area contributed by atoms with Gasteiger partial charge in [0.2, 0.25) is 0 Å². The van der Waals surface area contributed by atoms with E-state index >= 15 is 0 Å². The number of amides is 1. The van der Waals surface area contributed by atoms with Gasteiger partial charge in [0.15, 0.2) is 5.82 Å². The molecule has 0 bridgehead atoms. The molecule has 204 valence electrons. The maximum atomic E-state index is 13.3. The van der Waals surface area contributed by atoms with E-state index in [1.165, 1.54) is 50.3 Å². The number of hydrogen-bond donors (Lipinski definition) is 2. The number of carbonyl (C=O) groups is 1. The Morgan fingerprint density at radius 1 is 1.10 bits per heavy atom. The fourth-order valence-corrected chi connectivity index (χ4v) is 6.01. The number of ether oxygens (including phenoxy) is 2. The number of piperidine rings is 1. The van der Waals surface area contributed by atoms with Crippen LogP contribution in [0.2, 0.25) is 10.0 Å². The number of likely N-dealkylation sites (tertiary alicyclic amines) is 1. The third kappa shape index (κ3) is 5.89. The summed E-state index contributed by atoms with van der Waals surface area (Å²) in [5, 5.41) is 8.09. The Balaban J connectivity index is 1.33. The quantitative estimate of drug-likeness (QED) is 0.237. The topological polar surface area (TPSA) is 102 Å². The van der Waals surface area contributed by atoms with Crippen LogP contribution in [-0.2, 0) is 6.54 Å². The highest BCUT2D eigenvalue weighted by molar-refractivity contribution is 7.18. The van der Waals surface area contributed by atoms with Crippen LogP contribution in [0.5, 0.6) is 11.5 Å². The van der Waals surface area contributed by atoms with Crippen LogP contribution in [0.1, 0.15) is 35.7 Å². The van der Waals surface area contributed by atoms with E-state index in [9.17, 15) is 4.79 Å². The average Bonchev–Trinajstić information content (AvgIpc) is 3.39. The molecule has 3 aromatic heterocycles. The van der Waals surface area contributed by atoms with E-state index in [-0.39, 0.29) is 15.7 Å². The van der Waals surface area contributed by atoms with Crippen molar-refractivity contribution < 1.29 is 14.3 Å². The average molecular weight is 588 g/mol. The molecule has 5 rings (SSSR count). The maximum absolute atomic E-state index is 13.3. The minimum Gasteiger partial charge on any atom is -0.495 e. The lowest BCUT2D eigenvalue weighted by molar-refractivity contribution is 0.102. The van der Waals surface area contributed by atoms with Gasteiger partial charge in [-0.1, -0.05) is 36.2 Å². The number of thiophene rings is 1. The first kappa shape index (κ1) is 27.4. The summed E-state index contributed by atoms with van der Waals surface area (Å²) in [5.41, 5.74) is 2.21. The van der Waals surface area contributed by atoms with Gasteiger partial charge in [-0.15, -0.1) is 11.3 Å². The van der Waals surface area contributed by atoms with E-state index in [1.54, 1.807) is 11.4 Å². The Morgan fingerprint density at radius 3 is 2.46 bits per heavy atom. The number of carbonyl (C=O) groups excluding carboxylic acids is 1. The van der Waals surface area contributed by atoms with Crippen molar-refractivity contribution in [2.24, 2.45) is 5.92 Å². The van der Waals surface area contributed by atoms with E-state index in [4.69, 9.17) is 32.7 Å². The highest BCUT2D eigenvalue weighted by Gasteiger charge is 2.23. The molecule has 1 fully saturated rings. The van der Waals surface area contributed by atoms with Crippen LogP contribution in [-0.4, -0.2) is 53.1 Å². The molecule has 4 aromatic rings. The van der Waals surface area contributed by atoms with Gasteiger partial charge in [0.1, 0.15) is 33.7 Å². The predicted octanol–water partition coefficient (Wildman–Crippen LogP) is 6.64. The van der Waals surface area contributed by atoms with Crippen molar-refractivity contribution in [3.8, 4) is 11.5 Å². The molecule has 4 heterocycles. The van der Waals surface area contributed by atoms with Crippen LogP contribution in [0.15, 0.2) is 36.1 Å². The van der Waals surface area contributed by atoms with Crippen LogP contribution in [0.3, 0.4) is 0 Å². The predicted molar refractivity (Wildman–Crippen MR) is 156 cm³/mol. The number of aromatic nitrogens is 3. The number of methoxy groups -OCH3 is 2. The number of anilines is 3. The van der Waals surface area contributed by atoms with E-state index < -0.39 is 5.91 Å². The minimum absolute atomic E-state index is 0.164. The number of rotatable bonds is 8. The Bertz CT molecular complexity index is 1460. The zero-order chi connectivity index (χ0) is 27.5. The molecule has 1 aliphatic heterocycles. The second-order valence-corrected chi connectivity index (χ2v) is 11.1. The molecule has 0 spiro atoms. The van der Waals surface area contributed by atoms with E-state index in [2.05, 4.69) is 43.5 Å². The second-order valence-electron chi connectivity index (χ2n) is 9.42. The molecule has 0 saturated carbocycles. The monoisotopic (exact) mass is 586 g/mol. The number of hydrogen-bond acceptors (Lipinski definition) is 9. The lowest BCUT2D eigenvalue weighted by Gasteiger charge is -2.30. The van der Waals surface area contributed by atoms with E-state index in [0.29, 0.717) is 34.2 Å². The van der Waals surface area contributed by atoms with Gasteiger partial charge in [0.25, 0.3) is 5.91 Å². The highest BCUT2D eigenvalue weighted by Crippen LogP contribution is 2.44. The molecular weight excluding hydrogens is 559 g/mol. The zero-order valence-electron chi connectivity index (χ0n) is 21.8. The van der Waals surface area contributed by atoms with Gasteiger partial charge in [-0.2, -0.15) is 0 Å². The normalized spacial score (nSPS) is 14.4. The summed E-state index contributed by atoms with van der Waals surface area (Å²) in [6.45, 7) is 5.46. The number of pyridine rings is 1. The molecule has 1 saturated heterocycles. The molecule has 1 amide bonds. The van der Waals surface area contributed by atoms with Crippen LogP contribution in [0.4, 0.5) is 17.3 Å². The third-order valence-electron chi connectivity index (χ3n) is 6.76. The van der Waals surface area contributed by atoms with Crippen LogP contribution in [0.25, 0.3) is 10.2 Å². The third-order valence-corrected chi connectivity index (χ3v) is 8.49. The van der Waals surface area contributed by atoms with Crippen molar-refractivity contribution in [1.29, 1.82) is 0 Å². The first-order valence-corrected chi connectivity index (χ1v) is 14.1. The first-order valence-electron chi connectivity index (χ1n) is 12.5. The van der Waals surface area contributed by atoms with Crippen LogP contribution in [0, 0.1) is 5.92 Å². The van der Waals surface area contributed by atoms with Crippen LogP contribution < -0.4 is 20.1 Å². The number of halogens is 2. The summed E-state index contributed by atoms with van der Waals surface area (Å²) in [6, 6.07) is 5.58. The molecule has 2 N–H and O–H groups in total. The molecule has 0 atom stereocenters. The summed E-state index contributed by atoms with van der Waals surface area (Å²) in [5.74, 6) is 2.24. The van der Waals surface area contributed by atoms with Crippen molar-refractivity contribution in [2.75, 3.05) is 37.9 Å². The lowest BCUT2D eigenvalue weighted by Crippen LogP contribution is -2.32. The summed E-state index contributed by atoms with van der Waals surface area (Å²) >= 11 is 14.2. The molecule has 9 nitrogen and oxygen atoms in total. The van der Waals surface area contributed by atoms with Crippen LogP contribution >= 0.6 is 34.5 Å². The summed E-state index contributed by atoms with van der Waals surface area (Å²) < 4.78 is 11.3. The minimum atomic E-state index is -0.431. The molecule has 0 unspecified atom stereocenters. The molecule has 1 aromatic carbocycles. The Kier molecular flexibility index (Phi) is 8.37. The van der Waals surface area contributed by atoms with Crippen molar-refractivity contribution in [3.63, 3.8) is 0 Å². The van der Waals surface area contributed by atoms with Crippen molar-refractivity contribution in [1.82, 2.24) is 19.9 Å². The van der Waals surface area contributed by atoms with Gasteiger partial charge in [-0.3, -0.25) is 9.69 Å². The summed E-state index contributed by atoms with van der Waals surface area (Å²) in [4.78, 5) is 29.1. The van der Waals surface area contributed by atoms with Gasteiger partial charge >= 0.3 is 0 Å². The Morgan fingerprint density at radius 2 is 1.82 bits per heavy atom. The van der Waals surface area contributed by atoms with Crippen molar-refractivity contribution in [2.45, 2.75) is 26.3 Å². The second kappa shape index (κ2) is 11.9. The number of fused-ring (bicyclic) bond motifs is 1. The van der Waals surface area contributed by atoms with Crippen molar-refractivity contribution in [3.05, 3.63) is 57.3 Å². The standard InChI is InChI=1S/C27H28Cl2N6O3S/c1-15-6-8-35(9-7-15)12-16-4-5-20(30-11-16)33-26-25-23(31-14-32-26)17(13-39-25)27(36)34-24-21(28)18(37-2)10-19(38-3)22(24)29/h4-5,10-11,13-15H,6-9,12H2,1-3H3,(H,34,36)(H,30,31,32,33). The lowest BCUT2D eigenvalue weighted by atomic mass is 9.99. The fraction of sp³-hybridized carbons (Fsp3) is 0.333. The largest absolute Gasteiger partial charge is 0.495 e. The maximum Gasteiger partial charge on any atom is 0.258 e. The van der Waals surface area contributed by atoms with E-state index in [1.807, 2.05) is 12.3 Å². The van der Waals surface area contributed by atoms with Gasteiger partial charge in [0.05, 0.1) is 35.7 Å². The Labute approximate surface area is 240 Å². The molecule has 39 heavy (non-hydrogen) atoms. The first-order chi connectivity index (χ1) is 18.9. The summed E-state index contributed by atoms with van der Waals surface area (Å²) in [7, 11) is 2.94. The number of nitrogens with one attached hydrogen (secondary N) is 2. The number of nitrogens with zero attached hydrogens (tertiary/aromatic N) is 4. The van der Waals surface area contributed by atoms with Crippen molar-refractivity contribution >= 4 is 68.0 Å². The van der Waals surface area contributed by atoms with Gasteiger partial charge in [0, 0.05) is 24.2 Å². The Hall–Kier alpha value is -3.18. The summed E-state index contributed by atoms with van der Waals surface area (Å²) in [6.07, 6.45) is 5.78. The number of benzene rings is 1. The zero-order valence-corrected chi connectivity index (χ0v) is 24.1. The van der Waals surface area contributed by atoms with Gasteiger partial charge < -0.3 is 20.1 Å². The smallest absolute Gasteiger partial charge is 0.258 e. The molecular formula is C27H28Cl2N6O3S. The SMILES string of the molecule is COc1cc(OC)c(Cl)c(NC(=O)c2csc3c(Nc4ccc(CN5CCC(C)CC5)cn4)ncnc23)c1Cl. The van der Waals surface area contributed by atoms with Gasteiger partial charge in [-0.25, -0.2) is 15.0 Å². The molecule has 1 aliphatic rings. The highest BCUT2D eigenvalue weighted by atomic mass is 35.5. The molecule has 0 aliphatic carbocycles. The molecule has 0 radical (unpaired) electrons. The fourth-order valence-electron chi connectivity index (χ4n) is 4.47. The molecule has 12 heteroatoms. The van der Waals surface area contributed by atoms with E-state index in [0.717, 1.165) is 30.3 Å².